The Balaban J connectivity index is 1.31. The quantitative estimate of drug-likeness (QED) is 0.845. The molecule has 3 saturated carbocycles. The van der Waals surface area contributed by atoms with Crippen molar-refractivity contribution < 1.29 is 14.4 Å². The van der Waals surface area contributed by atoms with Crippen LogP contribution in [0.25, 0.3) is 0 Å². The van der Waals surface area contributed by atoms with Gasteiger partial charge in [-0.15, -0.1) is 0 Å². The maximum atomic E-state index is 12.8. The zero-order valence-electron chi connectivity index (χ0n) is 13.7. The molecular weight excluding hydrogens is 340 g/mol. The van der Waals surface area contributed by atoms with Gasteiger partial charge in [-0.05, 0) is 67.2 Å². The molecule has 2 bridgehead atoms. The number of halogens is 1. The van der Waals surface area contributed by atoms with Gasteiger partial charge in [0.1, 0.15) is 6.54 Å². The van der Waals surface area contributed by atoms with Gasteiger partial charge < -0.3 is 5.32 Å². The minimum Gasteiger partial charge on any atom is -0.325 e. The fourth-order valence-corrected chi connectivity index (χ4v) is 5.95. The number of fused-ring (bicyclic) bond motifs is 3. The molecule has 4 atom stereocenters. The summed E-state index contributed by atoms with van der Waals surface area (Å²) < 4.78 is 0. The lowest BCUT2D eigenvalue weighted by atomic mass is 9.81. The van der Waals surface area contributed by atoms with Crippen molar-refractivity contribution in [3.05, 3.63) is 29.3 Å². The van der Waals surface area contributed by atoms with Gasteiger partial charge in [-0.2, -0.15) is 0 Å². The first-order valence-electron chi connectivity index (χ1n) is 8.92. The highest BCUT2D eigenvalue weighted by atomic mass is 35.5. The number of carbonyl (C=O) groups is 3. The van der Waals surface area contributed by atoms with Crippen molar-refractivity contribution in [3.8, 4) is 0 Å². The van der Waals surface area contributed by atoms with E-state index in [0.29, 0.717) is 22.5 Å². The first-order chi connectivity index (χ1) is 12.0. The van der Waals surface area contributed by atoms with E-state index >= 15 is 0 Å². The summed E-state index contributed by atoms with van der Waals surface area (Å²) in [4.78, 5) is 39.2. The molecule has 1 aromatic rings. The molecule has 0 radical (unpaired) electrons. The molecule has 25 heavy (non-hydrogen) atoms. The van der Waals surface area contributed by atoms with E-state index in [0.717, 1.165) is 12.8 Å². The van der Waals surface area contributed by atoms with Gasteiger partial charge in [-0.1, -0.05) is 11.6 Å². The number of anilines is 1. The lowest BCUT2D eigenvalue weighted by molar-refractivity contribution is -0.143. The smallest absolute Gasteiger partial charge is 0.244 e. The van der Waals surface area contributed by atoms with E-state index in [4.69, 9.17) is 11.6 Å². The van der Waals surface area contributed by atoms with E-state index in [1.54, 1.807) is 24.3 Å². The molecule has 4 unspecified atom stereocenters. The van der Waals surface area contributed by atoms with Gasteiger partial charge in [0, 0.05) is 10.7 Å². The maximum Gasteiger partial charge on any atom is 0.244 e. The van der Waals surface area contributed by atoms with Crippen LogP contribution < -0.4 is 5.32 Å². The van der Waals surface area contributed by atoms with E-state index in [2.05, 4.69) is 5.32 Å². The van der Waals surface area contributed by atoms with E-state index < -0.39 is 0 Å². The number of carbonyl (C=O) groups excluding carboxylic acids is 3. The second kappa shape index (κ2) is 5.07. The minimum atomic E-state index is -0.350. The molecule has 1 N–H and O–H groups in total. The monoisotopic (exact) mass is 358 g/mol. The van der Waals surface area contributed by atoms with Gasteiger partial charge in [0.2, 0.25) is 17.7 Å². The zero-order chi connectivity index (χ0) is 17.3. The first kappa shape index (κ1) is 15.4. The molecule has 5 nitrogen and oxygen atoms in total. The number of hydrogen-bond acceptors (Lipinski definition) is 3. The fourth-order valence-electron chi connectivity index (χ4n) is 5.82. The van der Waals surface area contributed by atoms with E-state index in [-0.39, 0.29) is 41.5 Å². The van der Waals surface area contributed by atoms with Gasteiger partial charge in [-0.3, -0.25) is 19.3 Å². The van der Waals surface area contributed by atoms with E-state index in [9.17, 15) is 14.4 Å². The van der Waals surface area contributed by atoms with Crippen molar-refractivity contribution in [3.63, 3.8) is 0 Å². The summed E-state index contributed by atoms with van der Waals surface area (Å²) in [6, 6.07) is 6.75. The van der Waals surface area contributed by atoms with Crippen LogP contribution in [0.5, 0.6) is 0 Å². The number of amides is 3. The normalized spacial score (nSPS) is 33.9. The molecule has 0 aromatic heterocycles. The fraction of sp³-hybridized carbons (Fsp3) is 0.526. The third-order valence-electron chi connectivity index (χ3n) is 6.88. The zero-order valence-corrected chi connectivity index (χ0v) is 14.5. The molecule has 6 heteroatoms. The molecule has 4 fully saturated rings. The highest BCUT2D eigenvalue weighted by molar-refractivity contribution is 6.30. The van der Waals surface area contributed by atoms with Crippen molar-refractivity contribution in [1.29, 1.82) is 0 Å². The minimum absolute atomic E-state index is 0.125. The number of rotatable bonds is 3. The topological polar surface area (TPSA) is 66.5 Å². The summed E-state index contributed by atoms with van der Waals surface area (Å²) in [7, 11) is 0. The molecule has 5 rings (SSSR count). The third kappa shape index (κ3) is 2.05. The highest BCUT2D eigenvalue weighted by Crippen LogP contribution is 2.75. The number of imide groups is 1. The summed E-state index contributed by atoms with van der Waals surface area (Å²) in [6.45, 7) is -0.195. The molecule has 4 aliphatic rings. The second-order valence-electron chi connectivity index (χ2n) is 7.89. The molecule has 3 aliphatic carbocycles. The first-order valence-corrected chi connectivity index (χ1v) is 9.30. The SMILES string of the molecule is O=C(CN1C(=O)C2C(C1=O)C1CCC2C12CC2)Nc1ccc(Cl)cc1. The summed E-state index contributed by atoms with van der Waals surface area (Å²) >= 11 is 5.83. The number of nitrogens with one attached hydrogen (secondary N) is 1. The van der Waals surface area contributed by atoms with Gasteiger partial charge in [0.25, 0.3) is 0 Å². The van der Waals surface area contributed by atoms with Crippen LogP contribution in [0.15, 0.2) is 24.3 Å². The Bertz CT molecular complexity index is 754. The summed E-state index contributed by atoms with van der Waals surface area (Å²) in [5.41, 5.74) is 0.892. The number of nitrogens with zero attached hydrogens (tertiary/aromatic N) is 1. The molecule has 1 heterocycles. The van der Waals surface area contributed by atoms with Crippen molar-refractivity contribution >= 4 is 35.0 Å². The van der Waals surface area contributed by atoms with E-state index in [1.165, 1.54) is 17.7 Å². The number of hydrogen-bond donors (Lipinski definition) is 1. The standard InChI is InChI=1S/C19H19ClN2O3/c20-10-1-3-11(4-2-10)21-14(23)9-22-17(24)15-12-5-6-13(16(15)18(22)25)19(12)7-8-19/h1-4,12-13,15-16H,5-9H2,(H,21,23). The average molecular weight is 359 g/mol. The van der Waals surface area contributed by atoms with Crippen LogP contribution in [0.2, 0.25) is 5.02 Å². The molecule has 1 saturated heterocycles. The lowest BCUT2D eigenvalue weighted by Gasteiger charge is -2.21. The largest absolute Gasteiger partial charge is 0.325 e. The Morgan fingerprint density at radius 1 is 1.08 bits per heavy atom. The average Bonchev–Trinajstić information content (AvgIpc) is 3.20. The molecule has 3 amide bonds. The van der Waals surface area contributed by atoms with Crippen LogP contribution in [0.4, 0.5) is 5.69 Å². The Morgan fingerprint density at radius 2 is 1.64 bits per heavy atom. The van der Waals surface area contributed by atoms with Crippen LogP contribution in [0.3, 0.4) is 0 Å². The predicted octanol–water partition coefficient (Wildman–Crippen LogP) is 2.70. The van der Waals surface area contributed by atoms with Crippen LogP contribution in [0, 0.1) is 29.1 Å². The van der Waals surface area contributed by atoms with Gasteiger partial charge in [-0.25, -0.2) is 0 Å². The summed E-state index contributed by atoms with van der Waals surface area (Å²) in [5.74, 6) is -0.211. The van der Waals surface area contributed by atoms with Crippen LogP contribution in [0.1, 0.15) is 25.7 Å². The molecule has 130 valence electrons. The second-order valence-corrected chi connectivity index (χ2v) is 8.33. The maximum absolute atomic E-state index is 12.8. The number of benzene rings is 1. The van der Waals surface area contributed by atoms with Crippen molar-refractivity contribution in [2.45, 2.75) is 25.7 Å². The summed E-state index contributed by atoms with van der Waals surface area (Å²) in [6.07, 6.45) is 4.48. The van der Waals surface area contributed by atoms with Crippen molar-refractivity contribution in [1.82, 2.24) is 4.90 Å². The van der Waals surface area contributed by atoms with Crippen molar-refractivity contribution in [2.75, 3.05) is 11.9 Å². The lowest BCUT2D eigenvalue weighted by Crippen LogP contribution is -2.40. The predicted molar refractivity (Wildman–Crippen MR) is 91.7 cm³/mol. The molecule has 1 aliphatic heterocycles. The van der Waals surface area contributed by atoms with Gasteiger partial charge in [0.05, 0.1) is 11.8 Å². The van der Waals surface area contributed by atoms with Crippen LogP contribution in [-0.2, 0) is 14.4 Å². The van der Waals surface area contributed by atoms with Crippen LogP contribution >= 0.6 is 11.6 Å². The van der Waals surface area contributed by atoms with Crippen molar-refractivity contribution in [2.24, 2.45) is 29.1 Å². The summed E-state index contributed by atoms with van der Waals surface area (Å²) in [5, 5.41) is 3.31. The third-order valence-corrected chi connectivity index (χ3v) is 7.13. The van der Waals surface area contributed by atoms with Crippen LogP contribution in [-0.4, -0.2) is 29.2 Å². The van der Waals surface area contributed by atoms with E-state index in [1.807, 2.05) is 0 Å². The van der Waals surface area contributed by atoms with Gasteiger partial charge in [0.15, 0.2) is 0 Å². The Morgan fingerprint density at radius 3 is 2.16 bits per heavy atom. The molecule has 1 aromatic carbocycles. The number of likely N-dealkylation sites (tertiary alicyclic amines) is 1. The molecular formula is C19H19ClN2O3. The van der Waals surface area contributed by atoms with Gasteiger partial charge >= 0.3 is 0 Å². The Hall–Kier alpha value is -1.88. The molecule has 1 spiro atoms. The Kier molecular flexibility index (Phi) is 3.12. The highest BCUT2D eigenvalue weighted by Gasteiger charge is 2.74. The Labute approximate surface area is 150 Å².